The number of nitrogens with zero attached hydrogens (tertiary/aromatic N) is 1. The quantitative estimate of drug-likeness (QED) is 0.714. The van der Waals surface area contributed by atoms with E-state index < -0.39 is 22.6 Å². The number of nitrogens with two attached hydrogens (primary N) is 1. The topological polar surface area (TPSA) is 76.2 Å². The maximum Gasteiger partial charge on any atom is 0.356 e. The molecule has 0 radical (unpaired) electrons. The van der Waals surface area contributed by atoms with Gasteiger partial charge in [-0.1, -0.05) is 23.2 Å². The van der Waals surface area contributed by atoms with E-state index in [0.717, 1.165) is 0 Å². The second kappa shape index (κ2) is 3.35. The summed E-state index contributed by atoms with van der Waals surface area (Å²) < 4.78 is 12.7. The van der Waals surface area contributed by atoms with Crippen LogP contribution in [0.5, 0.6) is 0 Å². The molecule has 7 heteroatoms. The maximum atomic E-state index is 12.7. The molecule has 0 amide bonds. The lowest BCUT2D eigenvalue weighted by atomic mass is 10.3. The molecule has 0 spiro atoms. The van der Waals surface area contributed by atoms with Gasteiger partial charge in [0.2, 0.25) is 5.95 Å². The number of halogens is 3. The Morgan fingerprint density at radius 1 is 1.46 bits per heavy atom. The van der Waals surface area contributed by atoms with E-state index in [1.54, 1.807) is 0 Å². The third-order valence-electron chi connectivity index (χ3n) is 1.27. The van der Waals surface area contributed by atoms with Gasteiger partial charge < -0.3 is 10.8 Å². The van der Waals surface area contributed by atoms with E-state index in [0.29, 0.717) is 0 Å². The molecule has 0 bridgehead atoms. The maximum absolute atomic E-state index is 12.7. The number of hydrogen-bond donors (Lipinski definition) is 2. The van der Waals surface area contributed by atoms with Gasteiger partial charge in [-0.15, -0.1) is 0 Å². The van der Waals surface area contributed by atoms with Crippen molar-refractivity contribution in [3.63, 3.8) is 0 Å². The highest BCUT2D eigenvalue weighted by atomic mass is 35.5. The summed E-state index contributed by atoms with van der Waals surface area (Å²) in [5, 5.41) is 7.65. The molecule has 0 aromatic carbocycles. The van der Waals surface area contributed by atoms with Crippen LogP contribution in [0.4, 0.5) is 10.1 Å². The normalized spacial score (nSPS) is 10.1. The van der Waals surface area contributed by atoms with Crippen molar-refractivity contribution >= 4 is 34.9 Å². The first-order chi connectivity index (χ1) is 5.95. The Kier molecular flexibility index (Phi) is 2.58. The molecule has 1 rings (SSSR count). The molecule has 0 atom stereocenters. The standard InChI is InChI=1S/C6H3Cl2FN2O2/c7-1-3(10)2(8)5(9)11-4(1)6(12)13/h(H2,10,11)(H,12,13). The summed E-state index contributed by atoms with van der Waals surface area (Å²) in [5.74, 6) is -2.62. The minimum absolute atomic E-state index is 0.326. The average Bonchev–Trinajstić information content (AvgIpc) is 2.07. The highest BCUT2D eigenvalue weighted by Crippen LogP contribution is 2.30. The third kappa shape index (κ3) is 1.66. The molecule has 0 aliphatic carbocycles. The minimum atomic E-state index is -1.47. The summed E-state index contributed by atoms with van der Waals surface area (Å²) in [6.45, 7) is 0. The van der Waals surface area contributed by atoms with Gasteiger partial charge in [0.15, 0.2) is 5.69 Å². The summed E-state index contributed by atoms with van der Waals surface area (Å²) in [4.78, 5) is 13.4. The van der Waals surface area contributed by atoms with E-state index in [-0.39, 0.29) is 10.7 Å². The van der Waals surface area contributed by atoms with E-state index in [4.69, 9.17) is 34.0 Å². The van der Waals surface area contributed by atoms with Gasteiger partial charge in [-0.25, -0.2) is 9.78 Å². The largest absolute Gasteiger partial charge is 0.476 e. The molecular weight excluding hydrogens is 222 g/mol. The van der Waals surface area contributed by atoms with Gasteiger partial charge in [-0.2, -0.15) is 4.39 Å². The Morgan fingerprint density at radius 2 is 2.00 bits per heavy atom. The number of rotatable bonds is 1. The first-order valence-electron chi connectivity index (χ1n) is 2.98. The molecule has 0 saturated carbocycles. The van der Waals surface area contributed by atoms with Crippen LogP contribution in [0, 0.1) is 5.95 Å². The number of carboxylic acids is 1. The Balaban J connectivity index is 3.50. The van der Waals surface area contributed by atoms with Gasteiger partial charge in [-0.05, 0) is 0 Å². The number of aromatic carboxylic acids is 1. The van der Waals surface area contributed by atoms with E-state index in [1.807, 2.05) is 0 Å². The zero-order chi connectivity index (χ0) is 10.2. The SMILES string of the molecule is Nc1c(Cl)c(F)nc(C(=O)O)c1Cl. The van der Waals surface area contributed by atoms with Crippen molar-refractivity contribution in [2.75, 3.05) is 5.73 Å². The summed E-state index contributed by atoms with van der Waals surface area (Å²) >= 11 is 10.8. The fraction of sp³-hybridized carbons (Fsp3) is 0. The molecule has 1 heterocycles. The first kappa shape index (κ1) is 10.0. The zero-order valence-electron chi connectivity index (χ0n) is 6.01. The van der Waals surface area contributed by atoms with Gasteiger partial charge >= 0.3 is 5.97 Å². The van der Waals surface area contributed by atoms with E-state index in [9.17, 15) is 9.18 Å². The number of hydrogen-bond acceptors (Lipinski definition) is 3. The predicted octanol–water partition coefficient (Wildman–Crippen LogP) is 1.81. The van der Waals surface area contributed by atoms with Crippen LogP contribution in [0.15, 0.2) is 0 Å². The van der Waals surface area contributed by atoms with Crippen LogP contribution < -0.4 is 5.73 Å². The number of carboxylic acid groups (broad SMARTS) is 1. The molecule has 0 aliphatic rings. The smallest absolute Gasteiger partial charge is 0.356 e. The van der Waals surface area contributed by atoms with Crippen molar-refractivity contribution in [3.8, 4) is 0 Å². The molecule has 0 aliphatic heterocycles. The van der Waals surface area contributed by atoms with Crippen LogP contribution in [0.3, 0.4) is 0 Å². The van der Waals surface area contributed by atoms with Gasteiger partial charge in [0.25, 0.3) is 0 Å². The van der Waals surface area contributed by atoms with Crippen LogP contribution in [-0.2, 0) is 0 Å². The van der Waals surface area contributed by atoms with Gasteiger partial charge in [-0.3, -0.25) is 0 Å². The Hall–Kier alpha value is -1.07. The lowest BCUT2D eigenvalue weighted by molar-refractivity contribution is 0.0689. The zero-order valence-corrected chi connectivity index (χ0v) is 7.53. The lowest BCUT2D eigenvalue weighted by Crippen LogP contribution is -2.06. The molecule has 4 nitrogen and oxygen atoms in total. The fourth-order valence-electron chi connectivity index (χ4n) is 0.673. The Bertz CT molecular complexity index is 383. The van der Waals surface area contributed by atoms with Crippen LogP contribution >= 0.6 is 23.2 Å². The Labute approximate surface area is 82.1 Å². The lowest BCUT2D eigenvalue weighted by Gasteiger charge is -2.04. The van der Waals surface area contributed by atoms with Crippen molar-refractivity contribution < 1.29 is 14.3 Å². The highest BCUT2D eigenvalue weighted by molar-refractivity contribution is 6.40. The summed E-state index contributed by atoms with van der Waals surface area (Å²) in [6.07, 6.45) is 0. The Morgan fingerprint density at radius 3 is 2.46 bits per heavy atom. The number of aromatic nitrogens is 1. The molecule has 0 fully saturated rings. The monoisotopic (exact) mass is 224 g/mol. The summed E-state index contributed by atoms with van der Waals surface area (Å²) in [7, 11) is 0. The van der Waals surface area contributed by atoms with Crippen LogP contribution in [0.1, 0.15) is 10.5 Å². The van der Waals surface area contributed by atoms with Crippen LogP contribution in [0.2, 0.25) is 10.0 Å². The van der Waals surface area contributed by atoms with Gasteiger partial charge in [0, 0.05) is 0 Å². The van der Waals surface area contributed by atoms with Crippen LogP contribution in [0.25, 0.3) is 0 Å². The number of anilines is 1. The van der Waals surface area contributed by atoms with Crippen molar-refractivity contribution in [2.24, 2.45) is 0 Å². The van der Waals surface area contributed by atoms with Crippen molar-refractivity contribution in [3.05, 3.63) is 21.7 Å². The van der Waals surface area contributed by atoms with Gasteiger partial charge in [0.05, 0.1) is 10.7 Å². The molecule has 3 N–H and O–H groups in total. The molecule has 1 aromatic heterocycles. The van der Waals surface area contributed by atoms with E-state index in [1.165, 1.54) is 0 Å². The van der Waals surface area contributed by atoms with Crippen molar-refractivity contribution in [1.82, 2.24) is 4.98 Å². The summed E-state index contributed by atoms with van der Waals surface area (Å²) in [5.41, 5.74) is 4.24. The molecule has 70 valence electrons. The van der Waals surface area contributed by atoms with Crippen molar-refractivity contribution in [2.45, 2.75) is 0 Å². The van der Waals surface area contributed by atoms with Crippen molar-refractivity contribution in [1.29, 1.82) is 0 Å². The number of nitrogen functional groups attached to an aromatic ring is 1. The predicted molar refractivity (Wildman–Crippen MR) is 45.6 cm³/mol. The third-order valence-corrected chi connectivity index (χ3v) is 2.02. The van der Waals surface area contributed by atoms with Gasteiger partial charge in [0.1, 0.15) is 5.02 Å². The number of pyridine rings is 1. The fourth-order valence-corrected chi connectivity index (χ4v) is 1.08. The minimum Gasteiger partial charge on any atom is -0.476 e. The number of carbonyl (C=O) groups is 1. The van der Waals surface area contributed by atoms with Crippen LogP contribution in [-0.4, -0.2) is 16.1 Å². The molecule has 1 aromatic rings. The average molecular weight is 225 g/mol. The highest BCUT2D eigenvalue weighted by Gasteiger charge is 2.19. The second-order valence-corrected chi connectivity index (χ2v) is 2.85. The van der Waals surface area contributed by atoms with E-state index in [2.05, 4.69) is 4.98 Å². The molecule has 0 unspecified atom stereocenters. The first-order valence-corrected chi connectivity index (χ1v) is 3.74. The molecule has 0 saturated heterocycles. The van der Waals surface area contributed by atoms with E-state index >= 15 is 0 Å². The molecule has 13 heavy (non-hydrogen) atoms. The molecular formula is C6H3Cl2FN2O2. The second-order valence-electron chi connectivity index (χ2n) is 2.10. The summed E-state index contributed by atoms with van der Waals surface area (Å²) in [6, 6.07) is 0.